The number of carbonyl (C=O) groups excluding carboxylic acids is 2. The lowest BCUT2D eigenvalue weighted by atomic mass is 9.85. The van der Waals surface area contributed by atoms with Gasteiger partial charge in [0.25, 0.3) is 0 Å². The molecule has 2 unspecified atom stereocenters. The molecule has 0 aromatic heterocycles. The van der Waals surface area contributed by atoms with Crippen LogP contribution in [0.2, 0.25) is 0 Å². The van der Waals surface area contributed by atoms with Crippen LogP contribution in [0.4, 0.5) is 5.69 Å². The van der Waals surface area contributed by atoms with E-state index in [1.54, 1.807) is 24.3 Å². The average molecular weight is 276 g/mol. The molecule has 1 fully saturated rings. The number of nitrogens with one attached hydrogen (secondary N) is 1. The van der Waals surface area contributed by atoms with Gasteiger partial charge >= 0.3 is 5.97 Å². The lowest BCUT2D eigenvalue weighted by molar-refractivity contribution is -0.120. The SMILES string of the molecule is COC(=O)c1ccccc1NC(=O)C1CCCC(N)C1. The molecule has 1 aliphatic carbocycles. The molecule has 2 rings (SSSR count). The van der Waals surface area contributed by atoms with E-state index in [0.717, 1.165) is 19.3 Å². The van der Waals surface area contributed by atoms with Crippen LogP contribution >= 0.6 is 0 Å². The standard InChI is InChI=1S/C15H20N2O3/c1-20-15(19)12-7-2-3-8-13(12)17-14(18)10-5-4-6-11(16)9-10/h2-3,7-8,10-11H,4-6,9,16H2,1H3,(H,17,18). The van der Waals surface area contributed by atoms with Gasteiger partial charge in [-0.25, -0.2) is 4.79 Å². The maximum absolute atomic E-state index is 12.3. The number of benzene rings is 1. The maximum atomic E-state index is 12.3. The van der Waals surface area contributed by atoms with Crippen LogP contribution in [0.3, 0.4) is 0 Å². The summed E-state index contributed by atoms with van der Waals surface area (Å²) in [5.74, 6) is -0.609. The Morgan fingerprint density at radius 3 is 2.75 bits per heavy atom. The molecule has 108 valence electrons. The molecule has 1 aromatic rings. The number of methoxy groups -OCH3 is 1. The van der Waals surface area contributed by atoms with Crippen molar-refractivity contribution >= 4 is 17.6 Å². The number of carbonyl (C=O) groups is 2. The quantitative estimate of drug-likeness (QED) is 0.826. The van der Waals surface area contributed by atoms with E-state index in [9.17, 15) is 9.59 Å². The van der Waals surface area contributed by atoms with Crippen LogP contribution < -0.4 is 11.1 Å². The second kappa shape index (κ2) is 6.52. The van der Waals surface area contributed by atoms with Gasteiger partial charge in [0.05, 0.1) is 18.4 Å². The summed E-state index contributed by atoms with van der Waals surface area (Å²) in [6.45, 7) is 0. The summed E-state index contributed by atoms with van der Waals surface area (Å²) < 4.78 is 4.71. The van der Waals surface area contributed by atoms with Crippen LogP contribution in [0.15, 0.2) is 24.3 Å². The minimum atomic E-state index is -0.457. The molecule has 0 bridgehead atoms. The summed E-state index contributed by atoms with van der Waals surface area (Å²) in [6.07, 6.45) is 3.49. The number of nitrogens with two attached hydrogens (primary N) is 1. The van der Waals surface area contributed by atoms with Crippen LogP contribution in [0.5, 0.6) is 0 Å². The van der Waals surface area contributed by atoms with Crippen molar-refractivity contribution in [2.75, 3.05) is 12.4 Å². The Kier molecular flexibility index (Phi) is 4.74. The van der Waals surface area contributed by atoms with E-state index in [0.29, 0.717) is 17.7 Å². The van der Waals surface area contributed by atoms with Crippen molar-refractivity contribution in [2.24, 2.45) is 11.7 Å². The first-order valence-corrected chi connectivity index (χ1v) is 6.85. The Balaban J connectivity index is 2.09. The minimum absolute atomic E-state index is 0.0727. The third kappa shape index (κ3) is 3.36. The van der Waals surface area contributed by atoms with Crippen molar-refractivity contribution in [1.29, 1.82) is 0 Å². The van der Waals surface area contributed by atoms with Crippen LogP contribution in [-0.2, 0) is 9.53 Å². The molecular weight excluding hydrogens is 256 g/mol. The third-order valence-corrected chi connectivity index (χ3v) is 3.68. The minimum Gasteiger partial charge on any atom is -0.465 e. The van der Waals surface area contributed by atoms with E-state index in [2.05, 4.69) is 5.32 Å². The second-order valence-corrected chi connectivity index (χ2v) is 5.15. The van der Waals surface area contributed by atoms with Crippen molar-refractivity contribution in [3.63, 3.8) is 0 Å². The second-order valence-electron chi connectivity index (χ2n) is 5.15. The lowest BCUT2D eigenvalue weighted by Crippen LogP contribution is -2.34. The lowest BCUT2D eigenvalue weighted by Gasteiger charge is -2.25. The Labute approximate surface area is 118 Å². The molecule has 0 radical (unpaired) electrons. The van der Waals surface area contributed by atoms with Gasteiger partial charge in [-0.1, -0.05) is 18.6 Å². The van der Waals surface area contributed by atoms with Gasteiger partial charge in [0.15, 0.2) is 0 Å². The number of amides is 1. The first-order valence-electron chi connectivity index (χ1n) is 6.85. The molecule has 1 aliphatic rings. The summed E-state index contributed by atoms with van der Waals surface area (Å²) in [5.41, 5.74) is 6.76. The molecule has 3 N–H and O–H groups in total. The van der Waals surface area contributed by atoms with Gasteiger partial charge in [0, 0.05) is 12.0 Å². The number of esters is 1. The van der Waals surface area contributed by atoms with Gasteiger partial charge in [-0.2, -0.15) is 0 Å². The van der Waals surface area contributed by atoms with E-state index < -0.39 is 5.97 Å². The average Bonchev–Trinajstić information content (AvgIpc) is 2.47. The molecule has 0 spiro atoms. The molecule has 0 saturated heterocycles. The summed E-state index contributed by atoms with van der Waals surface area (Å²) in [5, 5.41) is 2.82. The normalized spacial score (nSPS) is 22.1. The Morgan fingerprint density at radius 1 is 1.30 bits per heavy atom. The molecule has 5 heteroatoms. The van der Waals surface area contributed by atoms with E-state index in [1.165, 1.54) is 7.11 Å². The predicted molar refractivity (Wildman–Crippen MR) is 76.3 cm³/mol. The molecule has 1 amide bonds. The number of anilines is 1. The summed E-state index contributed by atoms with van der Waals surface area (Å²) >= 11 is 0. The maximum Gasteiger partial charge on any atom is 0.339 e. The topological polar surface area (TPSA) is 81.4 Å². The largest absolute Gasteiger partial charge is 0.465 e. The van der Waals surface area contributed by atoms with Gasteiger partial charge in [0.1, 0.15) is 0 Å². The number of rotatable bonds is 3. The molecule has 0 heterocycles. The smallest absolute Gasteiger partial charge is 0.339 e. The van der Waals surface area contributed by atoms with Crippen LogP contribution in [-0.4, -0.2) is 25.0 Å². The first-order chi connectivity index (χ1) is 9.61. The van der Waals surface area contributed by atoms with E-state index in [1.807, 2.05) is 0 Å². The highest BCUT2D eigenvalue weighted by atomic mass is 16.5. The number of hydrogen-bond donors (Lipinski definition) is 2. The summed E-state index contributed by atoms with van der Waals surface area (Å²) in [4.78, 5) is 23.9. The zero-order valence-corrected chi connectivity index (χ0v) is 11.6. The zero-order chi connectivity index (χ0) is 14.5. The Bertz CT molecular complexity index is 502. The molecule has 0 aliphatic heterocycles. The number of hydrogen-bond acceptors (Lipinski definition) is 4. The molecule has 1 aromatic carbocycles. The molecule has 1 saturated carbocycles. The van der Waals surface area contributed by atoms with Crippen molar-refractivity contribution in [1.82, 2.24) is 0 Å². The highest BCUT2D eigenvalue weighted by Crippen LogP contribution is 2.25. The molecular formula is C15H20N2O3. The van der Waals surface area contributed by atoms with Crippen LogP contribution in [0.25, 0.3) is 0 Å². The highest BCUT2D eigenvalue weighted by molar-refractivity contribution is 6.01. The number of para-hydroxylation sites is 1. The van der Waals surface area contributed by atoms with E-state index in [4.69, 9.17) is 10.5 Å². The molecule has 2 atom stereocenters. The van der Waals surface area contributed by atoms with E-state index >= 15 is 0 Å². The van der Waals surface area contributed by atoms with Gasteiger partial charge < -0.3 is 15.8 Å². The fraction of sp³-hybridized carbons (Fsp3) is 0.467. The third-order valence-electron chi connectivity index (χ3n) is 3.68. The van der Waals surface area contributed by atoms with Crippen molar-refractivity contribution in [3.8, 4) is 0 Å². The van der Waals surface area contributed by atoms with Gasteiger partial charge in [0.2, 0.25) is 5.91 Å². The molecule has 20 heavy (non-hydrogen) atoms. The van der Waals surface area contributed by atoms with Gasteiger partial charge in [-0.3, -0.25) is 4.79 Å². The van der Waals surface area contributed by atoms with E-state index in [-0.39, 0.29) is 17.9 Å². The summed E-state index contributed by atoms with van der Waals surface area (Å²) in [7, 11) is 1.32. The highest BCUT2D eigenvalue weighted by Gasteiger charge is 2.26. The summed E-state index contributed by atoms with van der Waals surface area (Å²) in [6, 6.07) is 6.93. The first kappa shape index (κ1) is 14.5. The van der Waals surface area contributed by atoms with Crippen LogP contribution in [0, 0.1) is 5.92 Å². The Morgan fingerprint density at radius 2 is 2.05 bits per heavy atom. The monoisotopic (exact) mass is 276 g/mol. The van der Waals surface area contributed by atoms with Crippen molar-refractivity contribution < 1.29 is 14.3 Å². The molecule has 5 nitrogen and oxygen atoms in total. The predicted octanol–water partition coefficient (Wildman–Crippen LogP) is 1.93. The number of ether oxygens (including phenoxy) is 1. The zero-order valence-electron chi connectivity index (χ0n) is 11.6. The van der Waals surface area contributed by atoms with Crippen molar-refractivity contribution in [3.05, 3.63) is 29.8 Å². The van der Waals surface area contributed by atoms with Gasteiger partial charge in [-0.15, -0.1) is 0 Å². The fourth-order valence-electron chi connectivity index (χ4n) is 2.58. The van der Waals surface area contributed by atoms with Gasteiger partial charge in [-0.05, 0) is 31.4 Å². The Hall–Kier alpha value is -1.88. The van der Waals surface area contributed by atoms with Crippen molar-refractivity contribution in [2.45, 2.75) is 31.7 Å². The fourth-order valence-corrected chi connectivity index (χ4v) is 2.58. The van der Waals surface area contributed by atoms with Crippen LogP contribution in [0.1, 0.15) is 36.0 Å².